The smallest absolute Gasteiger partial charge is 0.212 e. The molecule has 0 bridgehead atoms. The third kappa shape index (κ3) is 4.20. The van der Waals surface area contributed by atoms with E-state index >= 15 is 0 Å². The van der Waals surface area contributed by atoms with Crippen molar-refractivity contribution in [3.05, 3.63) is 0 Å². The van der Waals surface area contributed by atoms with E-state index in [0.717, 1.165) is 25.7 Å². The minimum atomic E-state index is -3.33. The Morgan fingerprint density at radius 1 is 1.06 bits per heavy atom. The standard InChI is InChI=1S/C11H21NO4S2/c13-17(14)7-6-11(9-17)12-18(15,16)8-10-4-2-1-3-5-10/h10-12H,1-9H2/t11-/m1/s1. The van der Waals surface area contributed by atoms with Gasteiger partial charge in [0.15, 0.2) is 9.84 Å². The molecule has 5 nitrogen and oxygen atoms in total. The van der Waals surface area contributed by atoms with Crippen LogP contribution in [0.2, 0.25) is 0 Å². The van der Waals surface area contributed by atoms with Gasteiger partial charge in [0.25, 0.3) is 0 Å². The van der Waals surface area contributed by atoms with Crippen LogP contribution in [-0.2, 0) is 19.9 Å². The Morgan fingerprint density at radius 3 is 2.28 bits per heavy atom. The fourth-order valence-corrected chi connectivity index (χ4v) is 6.39. The van der Waals surface area contributed by atoms with E-state index in [1.165, 1.54) is 6.42 Å². The van der Waals surface area contributed by atoms with Crippen molar-refractivity contribution >= 4 is 19.9 Å². The lowest BCUT2D eigenvalue weighted by molar-refractivity contribution is 0.383. The highest BCUT2D eigenvalue weighted by Gasteiger charge is 2.31. The summed E-state index contributed by atoms with van der Waals surface area (Å²) in [5.74, 6) is 0.457. The van der Waals surface area contributed by atoms with Crippen molar-refractivity contribution in [3.63, 3.8) is 0 Å². The van der Waals surface area contributed by atoms with Gasteiger partial charge in [0.05, 0.1) is 17.3 Å². The van der Waals surface area contributed by atoms with E-state index in [0.29, 0.717) is 6.42 Å². The maximum atomic E-state index is 12.0. The maximum absolute atomic E-state index is 12.0. The van der Waals surface area contributed by atoms with Gasteiger partial charge in [-0.3, -0.25) is 0 Å². The van der Waals surface area contributed by atoms with E-state index in [9.17, 15) is 16.8 Å². The quantitative estimate of drug-likeness (QED) is 0.827. The number of sulfone groups is 1. The molecule has 0 spiro atoms. The number of nitrogens with one attached hydrogen (secondary N) is 1. The molecule has 1 atom stereocenters. The Labute approximate surface area is 109 Å². The highest BCUT2D eigenvalue weighted by Crippen LogP contribution is 2.25. The first-order chi connectivity index (χ1) is 8.36. The number of hydrogen-bond donors (Lipinski definition) is 1. The van der Waals surface area contributed by atoms with Gasteiger partial charge in [0.2, 0.25) is 10.0 Å². The molecule has 0 aromatic carbocycles. The molecule has 106 valence electrons. The van der Waals surface area contributed by atoms with Crippen LogP contribution >= 0.6 is 0 Å². The third-order valence-electron chi connectivity index (χ3n) is 3.76. The summed E-state index contributed by atoms with van der Waals surface area (Å²) in [6, 6.07) is -0.413. The van der Waals surface area contributed by atoms with Crippen molar-refractivity contribution in [2.24, 2.45) is 5.92 Å². The van der Waals surface area contributed by atoms with Gasteiger partial charge in [0.1, 0.15) is 0 Å². The number of rotatable bonds is 4. The van der Waals surface area contributed by atoms with E-state index in [1.54, 1.807) is 0 Å². The lowest BCUT2D eigenvalue weighted by atomic mass is 9.91. The van der Waals surface area contributed by atoms with Crippen LogP contribution in [0.15, 0.2) is 0 Å². The van der Waals surface area contributed by atoms with Crippen molar-refractivity contribution < 1.29 is 16.8 Å². The second-order valence-corrected chi connectivity index (χ2v) is 9.53. The molecule has 0 radical (unpaired) electrons. The molecule has 0 unspecified atom stereocenters. The Bertz CT molecular complexity index is 477. The first-order valence-corrected chi connectivity index (χ1v) is 10.0. The van der Waals surface area contributed by atoms with E-state index in [4.69, 9.17) is 0 Å². The molecule has 18 heavy (non-hydrogen) atoms. The van der Waals surface area contributed by atoms with E-state index < -0.39 is 25.9 Å². The largest absolute Gasteiger partial charge is 0.229 e. The molecule has 2 aliphatic rings. The lowest BCUT2D eigenvalue weighted by Crippen LogP contribution is -2.39. The lowest BCUT2D eigenvalue weighted by Gasteiger charge is -2.22. The normalized spacial score (nSPS) is 29.4. The third-order valence-corrected chi connectivity index (χ3v) is 7.13. The summed E-state index contributed by atoms with van der Waals surface area (Å²) in [5.41, 5.74) is 0. The Kier molecular flexibility index (Phi) is 4.33. The fourth-order valence-electron chi connectivity index (χ4n) is 2.85. The van der Waals surface area contributed by atoms with Gasteiger partial charge in [0, 0.05) is 6.04 Å². The summed E-state index contributed by atoms with van der Waals surface area (Å²) < 4.78 is 49.0. The average Bonchev–Trinajstić information content (AvgIpc) is 2.57. The van der Waals surface area contributed by atoms with Crippen molar-refractivity contribution in [1.29, 1.82) is 0 Å². The first kappa shape index (κ1) is 14.3. The minimum Gasteiger partial charge on any atom is -0.229 e. The molecule has 0 amide bonds. The van der Waals surface area contributed by atoms with Crippen LogP contribution in [-0.4, -0.2) is 40.1 Å². The molecule has 7 heteroatoms. The molecule has 1 N–H and O–H groups in total. The van der Waals surface area contributed by atoms with E-state index in [2.05, 4.69) is 4.72 Å². The summed E-state index contributed by atoms with van der Waals surface area (Å²) in [5, 5.41) is 0. The zero-order chi connectivity index (χ0) is 13.2. The van der Waals surface area contributed by atoms with Gasteiger partial charge in [-0.15, -0.1) is 0 Å². The van der Waals surface area contributed by atoms with Crippen LogP contribution in [0.4, 0.5) is 0 Å². The molecule has 1 heterocycles. The second-order valence-electron chi connectivity index (χ2n) is 5.50. The summed E-state index contributed by atoms with van der Waals surface area (Å²) in [4.78, 5) is 0. The maximum Gasteiger partial charge on any atom is 0.212 e. The highest BCUT2D eigenvalue weighted by atomic mass is 32.2. The zero-order valence-electron chi connectivity index (χ0n) is 10.5. The van der Waals surface area contributed by atoms with Gasteiger partial charge >= 0.3 is 0 Å². The molecule has 0 aromatic rings. The zero-order valence-corrected chi connectivity index (χ0v) is 12.1. The molecular weight excluding hydrogens is 274 g/mol. The molecule has 2 rings (SSSR count). The van der Waals surface area contributed by atoms with Crippen molar-refractivity contribution in [3.8, 4) is 0 Å². The summed E-state index contributed by atoms with van der Waals surface area (Å²) in [6.45, 7) is 0. The van der Waals surface area contributed by atoms with Gasteiger partial charge < -0.3 is 0 Å². The van der Waals surface area contributed by atoms with Gasteiger partial charge in [-0.05, 0) is 25.2 Å². The van der Waals surface area contributed by atoms with Crippen LogP contribution in [0.5, 0.6) is 0 Å². The Morgan fingerprint density at radius 2 is 1.72 bits per heavy atom. The molecule has 0 aromatic heterocycles. The van der Waals surface area contributed by atoms with Gasteiger partial charge in [-0.2, -0.15) is 0 Å². The van der Waals surface area contributed by atoms with Crippen LogP contribution in [0.25, 0.3) is 0 Å². The molecule has 1 aliphatic carbocycles. The van der Waals surface area contributed by atoms with Crippen molar-refractivity contribution in [1.82, 2.24) is 4.72 Å². The Hall–Kier alpha value is -0.140. The van der Waals surface area contributed by atoms with Crippen LogP contribution in [0.1, 0.15) is 38.5 Å². The van der Waals surface area contributed by atoms with Crippen molar-refractivity contribution in [2.75, 3.05) is 17.3 Å². The molecule has 1 aliphatic heterocycles. The summed E-state index contributed by atoms with van der Waals surface area (Å²) in [6.07, 6.45) is 5.78. The topological polar surface area (TPSA) is 80.3 Å². The highest BCUT2D eigenvalue weighted by molar-refractivity contribution is 7.92. The van der Waals surface area contributed by atoms with Gasteiger partial charge in [-0.25, -0.2) is 21.6 Å². The SMILES string of the molecule is O=S1(=O)CC[C@@H](NS(=O)(=O)CC2CCCCC2)C1. The fraction of sp³-hybridized carbons (Fsp3) is 1.00. The molecule has 2 fully saturated rings. The van der Waals surface area contributed by atoms with Crippen LogP contribution < -0.4 is 4.72 Å². The predicted octanol–water partition coefficient (Wildman–Crippen LogP) is 0.673. The van der Waals surface area contributed by atoms with Gasteiger partial charge in [-0.1, -0.05) is 19.3 Å². The summed E-state index contributed by atoms with van der Waals surface area (Å²) >= 11 is 0. The number of hydrogen-bond acceptors (Lipinski definition) is 4. The molecule has 1 saturated heterocycles. The molecular formula is C11H21NO4S2. The number of sulfonamides is 1. The van der Waals surface area contributed by atoms with E-state index in [-0.39, 0.29) is 23.2 Å². The van der Waals surface area contributed by atoms with E-state index in [1.807, 2.05) is 0 Å². The average molecular weight is 295 g/mol. The minimum absolute atomic E-state index is 0.0447. The van der Waals surface area contributed by atoms with Crippen molar-refractivity contribution in [2.45, 2.75) is 44.6 Å². The van der Waals surface area contributed by atoms with Crippen LogP contribution in [0, 0.1) is 5.92 Å². The Balaban J connectivity index is 1.87. The van der Waals surface area contributed by atoms with Crippen LogP contribution in [0.3, 0.4) is 0 Å². The first-order valence-electron chi connectivity index (χ1n) is 6.57. The molecule has 1 saturated carbocycles. The second kappa shape index (κ2) is 5.46. The summed E-state index contributed by atoms with van der Waals surface area (Å²) in [7, 11) is -6.36. The predicted molar refractivity (Wildman–Crippen MR) is 70.6 cm³/mol. The monoisotopic (exact) mass is 295 g/mol.